The summed E-state index contributed by atoms with van der Waals surface area (Å²) in [4.78, 5) is 24.2. The molecule has 22 heavy (non-hydrogen) atoms. The third-order valence-corrected chi connectivity index (χ3v) is 4.02. The first kappa shape index (κ1) is 15.0. The van der Waals surface area contributed by atoms with Gasteiger partial charge in [0.2, 0.25) is 5.91 Å². The summed E-state index contributed by atoms with van der Waals surface area (Å²) in [6, 6.07) is 8.21. The Kier molecular flexibility index (Phi) is 4.10. The van der Waals surface area contributed by atoms with E-state index < -0.39 is 24.2 Å². The molecule has 2 saturated heterocycles. The van der Waals surface area contributed by atoms with Crippen LogP contribution in [0.2, 0.25) is 0 Å². The molecule has 2 heterocycles. The van der Waals surface area contributed by atoms with Crippen molar-refractivity contribution in [2.45, 2.75) is 37.5 Å². The fourth-order valence-corrected chi connectivity index (χ4v) is 2.74. The third-order valence-electron chi connectivity index (χ3n) is 4.02. The zero-order chi connectivity index (χ0) is 15.7. The summed E-state index contributed by atoms with van der Waals surface area (Å²) in [6.07, 6.45) is -1.26. The van der Waals surface area contributed by atoms with Gasteiger partial charge in [0.05, 0.1) is 19.6 Å². The summed E-state index contributed by atoms with van der Waals surface area (Å²) >= 11 is 0. The van der Waals surface area contributed by atoms with Crippen LogP contribution >= 0.6 is 0 Å². The number of β-lactam (4-membered cyclic amide) rings is 1. The molecule has 0 spiro atoms. The van der Waals surface area contributed by atoms with Crippen LogP contribution in [0.25, 0.3) is 0 Å². The van der Waals surface area contributed by atoms with E-state index in [1.165, 1.54) is 0 Å². The number of carbonyl (C=O) groups is 2. The van der Waals surface area contributed by atoms with Gasteiger partial charge in [-0.1, -0.05) is 30.3 Å². The highest BCUT2D eigenvalue weighted by Crippen LogP contribution is 2.31. The zero-order valence-electron chi connectivity index (χ0n) is 11.9. The molecule has 0 radical (unpaired) electrons. The summed E-state index contributed by atoms with van der Waals surface area (Å²) in [5.74, 6) is -1.14. The number of rotatable bonds is 6. The Balaban J connectivity index is 1.67. The van der Waals surface area contributed by atoms with Crippen molar-refractivity contribution < 1.29 is 24.2 Å². The average Bonchev–Trinajstić information content (AvgIpc) is 2.85. The maximum absolute atomic E-state index is 11.4. The van der Waals surface area contributed by atoms with E-state index in [-0.39, 0.29) is 18.7 Å². The van der Waals surface area contributed by atoms with Crippen LogP contribution in [0.5, 0.6) is 0 Å². The molecule has 7 heteroatoms. The molecule has 1 aromatic carbocycles. The zero-order valence-corrected chi connectivity index (χ0v) is 11.9. The molecule has 7 nitrogen and oxygen atoms in total. The lowest BCUT2D eigenvalue weighted by Crippen LogP contribution is -2.51. The number of aliphatic carboxylic acids is 1. The Hall–Kier alpha value is -1.96. The Bertz CT molecular complexity index is 564. The van der Waals surface area contributed by atoms with E-state index in [0.717, 1.165) is 5.56 Å². The van der Waals surface area contributed by atoms with Gasteiger partial charge in [-0.25, -0.2) is 0 Å². The van der Waals surface area contributed by atoms with Crippen LogP contribution in [0.4, 0.5) is 0 Å². The minimum Gasteiger partial charge on any atom is -0.480 e. The highest BCUT2D eigenvalue weighted by molar-refractivity contribution is 5.83. The number of hydrogen-bond acceptors (Lipinski definition) is 5. The first-order valence-electron chi connectivity index (χ1n) is 7.15. The number of fused-ring (bicyclic) bond motifs is 1. The smallest absolute Gasteiger partial charge is 0.323 e. The van der Waals surface area contributed by atoms with Crippen molar-refractivity contribution in [3.63, 3.8) is 0 Å². The van der Waals surface area contributed by atoms with Crippen LogP contribution in [0, 0.1) is 0 Å². The summed E-state index contributed by atoms with van der Waals surface area (Å²) in [5, 5.41) is 9.17. The minimum atomic E-state index is -1.21. The first-order chi connectivity index (χ1) is 10.6. The van der Waals surface area contributed by atoms with Gasteiger partial charge in [-0.15, -0.1) is 0 Å². The molecule has 0 bridgehead atoms. The molecule has 3 N–H and O–H groups in total. The topological polar surface area (TPSA) is 102 Å². The quantitative estimate of drug-likeness (QED) is 0.714. The minimum absolute atomic E-state index is 0.0122. The van der Waals surface area contributed by atoms with Crippen LogP contribution in [0.1, 0.15) is 12.0 Å². The van der Waals surface area contributed by atoms with Crippen LogP contribution in [0.3, 0.4) is 0 Å². The van der Waals surface area contributed by atoms with Gasteiger partial charge in [-0.05, 0) is 5.56 Å². The summed E-state index contributed by atoms with van der Waals surface area (Å²) < 4.78 is 11.4. The highest BCUT2D eigenvalue weighted by atomic mass is 16.6. The Morgan fingerprint density at radius 3 is 2.77 bits per heavy atom. The first-order valence-corrected chi connectivity index (χ1v) is 7.15. The van der Waals surface area contributed by atoms with Crippen molar-refractivity contribution in [3.8, 4) is 0 Å². The predicted octanol–water partition coefficient (Wildman–Crippen LogP) is -0.0591. The maximum Gasteiger partial charge on any atom is 0.323 e. The second-order valence-electron chi connectivity index (χ2n) is 5.50. The molecule has 2 fully saturated rings. The van der Waals surface area contributed by atoms with Gasteiger partial charge in [0.15, 0.2) is 0 Å². The number of nitrogens with zero attached hydrogens (tertiary/aromatic N) is 1. The molecule has 2 aliphatic rings. The van der Waals surface area contributed by atoms with Crippen molar-refractivity contribution in [2.24, 2.45) is 5.73 Å². The lowest BCUT2D eigenvalue weighted by Gasteiger charge is -2.31. The van der Waals surface area contributed by atoms with Crippen LogP contribution in [-0.2, 0) is 25.7 Å². The molecular weight excluding hydrogens is 288 g/mol. The van der Waals surface area contributed by atoms with Crippen LogP contribution in [0.15, 0.2) is 30.3 Å². The number of hydrogen-bond donors (Lipinski definition) is 2. The molecule has 1 amide bonds. The molecule has 2 aliphatic heterocycles. The van der Waals surface area contributed by atoms with E-state index in [1.807, 2.05) is 30.3 Å². The van der Waals surface area contributed by atoms with E-state index >= 15 is 0 Å². The molecule has 0 saturated carbocycles. The van der Waals surface area contributed by atoms with Crippen LogP contribution < -0.4 is 5.73 Å². The molecule has 118 valence electrons. The van der Waals surface area contributed by atoms with Gasteiger partial charge < -0.3 is 25.2 Å². The predicted molar refractivity (Wildman–Crippen MR) is 75.6 cm³/mol. The lowest BCUT2D eigenvalue weighted by molar-refractivity contribution is -0.162. The Morgan fingerprint density at radius 2 is 2.18 bits per heavy atom. The third kappa shape index (κ3) is 2.83. The van der Waals surface area contributed by atoms with Crippen molar-refractivity contribution in [2.75, 3.05) is 6.54 Å². The molecule has 4 atom stereocenters. The van der Waals surface area contributed by atoms with Crippen molar-refractivity contribution in [1.29, 1.82) is 0 Å². The number of benzene rings is 1. The fraction of sp³-hybridized carbons (Fsp3) is 0.467. The molecule has 1 aromatic rings. The van der Waals surface area contributed by atoms with Gasteiger partial charge in [0, 0.05) is 0 Å². The standard InChI is InChI=1S/C15H18N2O5/c16-13(15(19)20)14(21-8-9-4-2-1-3-5-9)10-7-17-11(18)6-12(17)22-10/h1-5,10,12-14H,6-8,16H2,(H,19,20)/t10-,12+,13+,14+/m1/s1. The van der Waals surface area contributed by atoms with E-state index in [9.17, 15) is 9.59 Å². The van der Waals surface area contributed by atoms with E-state index in [0.29, 0.717) is 13.0 Å². The SMILES string of the molecule is N[C@H](C(=O)O)[C@@H](OCc1ccccc1)[C@H]1CN2C(=O)C[C@@H]2O1. The highest BCUT2D eigenvalue weighted by Gasteiger charge is 2.49. The number of ether oxygens (including phenoxy) is 2. The molecule has 0 aromatic heterocycles. The summed E-state index contributed by atoms with van der Waals surface area (Å²) in [6.45, 7) is 0.564. The van der Waals surface area contributed by atoms with Gasteiger partial charge in [0.25, 0.3) is 0 Å². The molecule has 3 rings (SSSR count). The molecule has 0 unspecified atom stereocenters. The van der Waals surface area contributed by atoms with E-state index in [1.54, 1.807) is 4.90 Å². The lowest BCUT2D eigenvalue weighted by atomic mass is 10.1. The largest absolute Gasteiger partial charge is 0.480 e. The monoisotopic (exact) mass is 306 g/mol. The van der Waals surface area contributed by atoms with Gasteiger partial charge in [-0.2, -0.15) is 0 Å². The maximum atomic E-state index is 11.4. The van der Waals surface area contributed by atoms with E-state index in [4.69, 9.17) is 20.3 Å². The van der Waals surface area contributed by atoms with Gasteiger partial charge >= 0.3 is 5.97 Å². The van der Waals surface area contributed by atoms with Crippen molar-refractivity contribution in [1.82, 2.24) is 4.90 Å². The number of nitrogens with two attached hydrogens (primary N) is 1. The second kappa shape index (κ2) is 6.04. The number of carboxylic acids is 1. The second-order valence-corrected chi connectivity index (χ2v) is 5.50. The van der Waals surface area contributed by atoms with Gasteiger partial charge in [0.1, 0.15) is 24.5 Å². The summed E-state index contributed by atoms with van der Waals surface area (Å²) in [7, 11) is 0. The molecular formula is C15H18N2O5. The van der Waals surface area contributed by atoms with Gasteiger partial charge in [-0.3, -0.25) is 9.59 Å². The number of carbonyl (C=O) groups excluding carboxylic acids is 1. The van der Waals surface area contributed by atoms with E-state index in [2.05, 4.69) is 0 Å². The molecule has 0 aliphatic carbocycles. The number of carboxylic acid groups (broad SMARTS) is 1. The fourth-order valence-electron chi connectivity index (χ4n) is 2.74. The Morgan fingerprint density at radius 1 is 1.45 bits per heavy atom. The number of amides is 1. The Labute approximate surface area is 127 Å². The average molecular weight is 306 g/mol. The van der Waals surface area contributed by atoms with Crippen molar-refractivity contribution >= 4 is 11.9 Å². The van der Waals surface area contributed by atoms with Crippen molar-refractivity contribution in [3.05, 3.63) is 35.9 Å². The normalized spacial score (nSPS) is 26.2. The summed E-state index contributed by atoms with van der Waals surface area (Å²) in [5.41, 5.74) is 6.66. The van der Waals surface area contributed by atoms with Crippen LogP contribution in [-0.4, -0.2) is 52.9 Å².